The molecule has 2 aromatic heterocycles. The number of hydrogen-bond acceptors (Lipinski definition) is 3. The molecule has 0 radical (unpaired) electrons. The Labute approximate surface area is 153 Å². The van der Waals surface area contributed by atoms with Crippen LogP contribution in [0.4, 0.5) is 0 Å². The number of piperidine rings is 1. The van der Waals surface area contributed by atoms with Crippen molar-refractivity contribution in [3.05, 3.63) is 48.0 Å². The van der Waals surface area contributed by atoms with Gasteiger partial charge in [-0.1, -0.05) is 12.1 Å². The summed E-state index contributed by atoms with van der Waals surface area (Å²) in [6.07, 6.45) is 3.82. The van der Waals surface area contributed by atoms with Crippen LogP contribution in [-0.2, 0) is 11.8 Å². The average molecular weight is 351 g/mol. The Kier molecular flexibility index (Phi) is 4.26. The van der Waals surface area contributed by atoms with Gasteiger partial charge in [0.1, 0.15) is 11.9 Å². The normalized spacial score (nSPS) is 19.0. The highest BCUT2D eigenvalue weighted by Gasteiger charge is 2.31. The molecule has 26 heavy (non-hydrogen) atoms. The molecule has 0 saturated carbocycles. The van der Waals surface area contributed by atoms with Crippen molar-refractivity contribution in [2.75, 3.05) is 13.1 Å². The molecule has 6 heteroatoms. The SMILES string of the molecule is Cc1ccnn1C(C)C(=O)N1CCCC(c2nc3ccccc3n2C)C1. The van der Waals surface area contributed by atoms with Crippen molar-refractivity contribution in [2.45, 2.75) is 38.6 Å². The van der Waals surface area contributed by atoms with Crippen molar-refractivity contribution in [3.63, 3.8) is 0 Å². The van der Waals surface area contributed by atoms with Gasteiger partial charge in [-0.25, -0.2) is 4.98 Å². The molecule has 0 N–H and O–H groups in total. The Morgan fingerprint density at radius 1 is 1.27 bits per heavy atom. The summed E-state index contributed by atoms with van der Waals surface area (Å²) in [7, 11) is 2.07. The zero-order chi connectivity index (χ0) is 18.3. The fourth-order valence-electron chi connectivity index (χ4n) is 4.07. The van der Waals surface area contributed by atoms with Gasteiger partial charge in [0.2, 0.25) is 5.91 Å². The molecule has 136 valence electrons. The number of imidazole rings is 1. The van der Waals surface area contributed by atoms with Crippen molar-refractivity contribution in [3.8, 4) is 0 Å². The number of carbonyl (C=O) groups is 1. The fourth-order valence-corrected chi connectivity index (χ4v) is 4.07. The molecular weight excluding hydrogens is 326 g/mol. The van der Waals surface area contributed by atoms with E-state index in [1.54, 1.807) is 10.9 Å². The first-order chi connectivity index (χ1) is 12.6. The Morgan fingerprint density at radius 3 is 2.81 bits per heavy atom. The van der Waals surface area contributed by atoms with Gasteiger partial charge in [0.25, 0.3) is 0 Å². The summed E-state index contributed by atoms with van der Waals surface area (Å²) >= 11 is 0. The summed E-state index contributed by atoms with van der Waals surface area (Å²) in [5.41, 5.74) is 3.18. The van der Waals surface area contributed by atoms with Crippen LogP contribution in [0.15, 0.2) is 36.5 Å². The topological polar surface area (TPSA) is 56.0 Å². The third kappa shape index (κ3) is 2.79. The second-order valence-corrected chi connectivity index (χ2v) is 7.23. The van der Waals surface area contributed by atoms with E-state index in [2.05, 4.69) is 22.8 Å². The van der Waals surface area contributed by atoms with Crippen molar-refractivity contribution < 1.29 is 4.79 Å². The maximum absolute atomic E-state index is 13.0. The second kappa shape index (κ2) is 6.59. The summed E-state index contributed by atoms with van der Waals surface area (Å²) in [5, 5.41) is 4.30. The summed E-state index contributed by atoms with van der Waals surface area (Å²) < 4.78 is 3.98. The van der Waals surface area contributed by atoms with Crippen molar-refractivity contribution in [1.29, 1.82) is 0 Å². The Hall–Kier alpha value is -2.63. The van der Waals surface area contributed by atoms with Crippen LogP contribution in [0.5, 0.6) is 0 Å². The first-order valence-corrected chi connectivity index (χ1v) is 9.26. The molecule has 1 aliphatic heterocycles. The van der Waals surface area contributed by atoms with Gasteiger partial charge in [0.15, 0.2) is 0 Å². The number of hydrogen-bond donors (Lipinski definition) is 0. The van der Waals surface area contributed by atoms with E-state index >= 15 is 0 Å². The van der Waals surface area contributed by atoms with Crippen LogP contribution < -0.4 is 0 Å². The van der Waals surface area contributed by atoms with Crippen molar-refractivity contribution in [1.82, 2.24) is 24.2 Å². The lowest BCUT2D eigenvalue weighted by Gasteiger charge is -2.34. The molecule has 4 rings (SSSR count). The first-order valence-electron chi connectivity index (χ1n) is 9.26. The largest absolute Gasteiger partial charge is 0.340 e. The van der Waals surface area contributed by atoms with E-state index in [0.717, 1.165) is 48.5 Å². The van der Waals surface area contributed by atoms with Gasteiger partial charge in [-0.2, -0.15) is 5.10 Å². The average Bonchev–Trinajstić information content (AvgIpc) is 3.24. The first kappa shape index (κ1) is 16.8. The molecule has 1 fully saturated rings. The lowest BCUT2D eigenvalue weighted by molar-refractivity contribution is -0.135. The highest BCUT2D eigenvalue weighted by atomic mass is 16.2. The fraction of sp³-hybridized carbons (Fsp3) is 0.450. The van der Waals surface area contributed by atoms with Gasteiger partial charge in [-0.05, 0) is 44.9 Å². The van der Waals surface area contributed by atoms with Crippen LogP contribution in [0.25, 0.3) is 11.0 Å². The zero-order valence-electron chi connectivity index (χ0n) is 15.6. The van der Waals surface area contributed by atoms with Gasteiger partial charge >= 0.3 is 0 Å². The summed E-state index contributed by atoms with van der Waals surface area (Å²) in [6.45, 7) is 5.45. The van der Waals surface area contributed by atoms with Crippen LogP contribution in [0, 0.1) is 6.92 Å². The van der Waals surface area contributed by atoms with Gasteiger partial charge in [-0.15, -0.1) is 0 Å². The molecule has 2 unspecified atom stereocenters. The van der Waals surface area contributed by atoms with Crippen LogP contribution in [0.3, 0.4) is 0 Å². The zero-order valence-corrected chi connectivity index (χ0v) is 15.6. The highest BCUT2D eigenvalue weighted by Crippen LogP contribution is 2.29. The number of likely N-dealkylation sites (tertiary alicyclic amines) is 1. The van der Waals surface area contributed by atoms with Crippen molar-refractivity contribution >= 4 is 16.9 Å². The van der Waals surface area contributed by atoms with Gasteiger partial charge < -0.3 is 9.47 Å². The number of aryl methyl sites for hydroxylation is 2. The number of rotatable bonds is 3. The molecule has 1 saturated heterocycles. The Bertz CT molecular complexity index is 941. The minimum absolute atomic E-state index is 0.139. The van der Waals surface area contributed by atoms with Crippen LogP contribution >= 0.6 is 0 Å². The van der Waals surface area contributed by atoms with E-state index in [1.165, 1.54) is 0 Å². The number of para-hydroxylation sites is 2. The molecule has 1 aromatic carbocycles. The third-order valence-electron chi connectivity index (χ3n) is 5.51. The molecule has 1 aliphatic rings. The lowest BCUT2D eigenvalue weighted by Crippen LogP contribution is -2.43. The molecular formula is C20H25N5O. The molecule has 3 heterocycles. The van der Waals surface area contributed by atoms with Crippen LogP contribution in [0.1, 0.15) is 43.2 Å². The number of fused-ring (bicyclic) bond motifs is 1. The summed E-state index contributed by atoms with van der Waals surface area (Å²) in [6, 6.07) is 9.86. The van der Waals surface area contributed by atoms with Crippen molar-refractivity contribution in [2.24, 2.45) is 7.05 Å². The van der Waals surface area contributed by atoms with E-state index in [1.807, 2.05) is 43.0 Å². The maximum Gasteiger partial charge on any atom is 0.247 e. The molecule has 6 nitrogen and oxygen atoms in total. The van der Waals surface area contributed by atoms with Gasteiger partial charge in [-0.3, -0.25) is 9.48 Å². The number of amides is 1. The monoisotopic (exact) mass is 351 g/mol. The molecule has 0 spiro atoms. The number of nitrogens with zero attached hydrogens (tertiary/aromatic N) is 5. The van der Waals surface area contributed by atoms with Crippen LogP contribution in [0.2, 0.25) is 0 Å². The number of benzene rings is 1. The minimum atomic E-state index is -0.274. The molecule has 1 amide bonds. The third-order valence-corrected chi connectivity index (χ3v) is 5.51. The van der Waals surface area contributed by atoms with E-state index in [0.29, 0.717) is 0 Å². The number of aromatic nitrogens is 4. The summed E-state index contributed by atoms with van der Waals surface area (Å²) in [4.78, 5) is 19.9. The predicted molar refractivity (Wildman–Crippen MR) is 101 cm³/mol. The maximum atomic E-state index is 13.0. The summed E-state index contributed by atoms with van der Waals surface area (Å²) in [5.74, 6) is 1.49. The second-order valence-electron chi connectivity index (χ2n) is 7.23. The molecule has 3 aromatic rings. The van der Waals surface area contributed by atoms with E-state index < -0.39 is 0 Å². The minimum Gasteiger partial charge on any atom is -0.340 e. The standard InChI is InChI=1S/C20H25N5O/c1-14-10-11-21-25(14)15(2)20(26)24-12-6-7-16(13-24)19-22-17-8-4-5-9-18(17)23(19)3/h4-5,8-11,15-16H,6-7,12-13H2,1-3H3. The van der Waals surface area contributed by atoms with E-state index in [9.17, 15) is 4.79 Å². The Balaban J connectivity index is 1.56. The van der Waals surface area contributed by atoms with E-state index in [4.69, 9.17) is 4.98 Å². The van der Waals surface area contributed by atoms with Gasteiger partial charge in [0.05, 0.1) is 11.0 Å². The lowest BCUT2D eigenvalue weighted by atomic mass is 9.96. The Morgan fingerprint density at radius 2 is 2.08 bits per heavy atom. The quantitative estimate of drug-likeness (QED) is 0.729. The molecule has 2 atom stereocenters. The van der Waals surface area contributed by atoms with Gasteiger partial charge in [0, 0.05) is 37.9 Å². The highest BCUT2D eigenvalue weighted by molar-refractivity contribution is 5.80. The predicted octanol–water partition coefficient (Wildman–Crippen LogP) is 3.05. The smallest absolute Gasteiger partial charge is 0.247 e. The number of carbonyl (C=O) groups excluding carboxylic acids is 1. The molecule has 0 bridgehead atoms. The van der Waals surface area contributed by atoms with Crippen LogP contribution in [-0.4, -0.2) is 43.2 Å². The van der Waals surface area contributed by atoms with E-state index in [-0.39, 0.29) is 17.9 Å². The molecule has 0 aliphatic carbocycles.